The van der Waals surface area contributed by atoms with Crippen LogP contribution < -0.4 is 5.32 Å². The van der Waals surface area contributed by atoms with Crippen molar-refractivity contribution in [3.05, 3.63) is 82.1 Å². The van der Waals surface area contributed by atoms with Crippen molar-refractivity contribution in [3.8, 4) is 25.7 Å². The molecule has 1 aromatic carbocycles. The van der Waals surface area contributed by atoms with Crippen molar-refractivity contribution in [2.24, 2.45) is 11.8 Å². The van der Waals surface area contributed by atoms with Crippen molar-refractivity contribution >= 4 is 33.0 Å². The smallest absolute Gasteiger partial charge is 0.261 e. The molecule has 0 fully saturated rings. The number of aryl methyl sites for hydroxylation is 2. The van der Waals surface area contributed by atoms with E-state index in [0.29, 0.717) is 0 Å². The second kappa shape index (κ2) is 40.1. The maximum Gasteiger partial charge on any atom is 0.261 e. The standard InChI is InChI=1S/C16H20N2OS.C13H14F.C9H20.C4H10.C2H6.2C2H2.U/c1-2-3-8-17-15(19)14-10-12-9-11-6-4-5-7-13(11)18-16(12)20-14;1-3-11(10-13(14)4-2)12-8-6-5-7-9-12;1-4-5-6-7-8-9(2)3;1-4(2)3;3*1-2;/h9-10H,2-8H2,1H3,(H,17,19);5-10H,3H2,1-2H3;9H,4-8H2,1-3H3;4H,1-3H3;1-2H3;2*1-2H;/q;-1;;;;;;/b;11-10+;;;;;;. The normalized spacial score (nSPS) is 11.3. The summed E-state index contributed by atoms with van der Waals surface area (Å²) in [6.07, 6.45) is 34.7. The zero-order valence-electron chi connectivity index (χ0n) is 35.9. The molecular weight excluding hydrogens is 910 g/mol. The monoisotopic (exact) mass is 984 g/mol. The van der Waals surface area contributed by atoms with E-state index in [2.05, 4.69) is 91.6 Å². The van der Waals surface area contributed by atoms with Crippen LogP contribution in [-0.4, -0.2) is 17.4 Å². The third-order valence-electron chi connectivity index (χ3n) is 7.53. The molecule has 2 aromatic heterocycles. The summed E-state index contributed by atoms with van der Waals surface area (Å²) in [7, 11) is 0. The second-order valence-corrected chi connectivity index (χ2v) is 14.4. The molecule has 3 aromatic rings. The van der Waals surface area contributed by atoms with Gasteiger partial charge in [0.15, 0.2) is 0 Å². The number of thiophene rings is 1. The van der Waals surface area contributed by atoms with Crippen molar-refractivity contribution in [2.45, 2.75) is 153 Å². The number of aromatic nitrogens is 1. The Balaban J connectivity index is -0.000000323. The van der Waals surface area contributed by atoms with E-state index >= 15 is 0 Å². The molecule has 3 nitrogen and oxygen atoms in total. The molecule has 2 heterocycles. The summed E-state index contributed by atoms with van der Waals surface area (Å²) in [5.74, 6) is 1.48. The van der Waals surface area contributed by atoms with Crippen LogP contribution in [0.3, 0.4) is 0 Å². The van der Waals surface area contributed by atoms with E-state index in [-0.39, 0.29) is 42.8 Å². The molecule has 0 unspecified atom stereocenters. The van der Waals surface area contributed by atoms with Gasteiger partial charge in [0.1, 0.15) is 4.83 Å². The molecular formula is C48H74FN2OSU-. The van der Waals surface area contributed by atoms with Crippen LogP contribution in [0, 0.1) is 74.7 Å². The van der Waals surface area contributed by atoms with Crippen LogP contribution in [0.5, 0.6) is 0 Å². The predicted molar refractivity (Wildman–Crippen MR) is 237 cm³/mol. The van der Waals surface area contributed by atoms with Crippen LogP contribution in [0.15, 0.2) is 54.4 Å². The summed E-state index contributed by atoms with van der Waals surface area (Å²) in [6.45, 7) is 23.8. The Morgan fingerprint density at radius 2 is 1.48 bits per heavy atom. The molecule has 0 saturated carbocycles. The van der Waals surface area contributed by atoms with Gasteiger partial charge in [-0.2, -0.15) is 6.08 Å². The van der Waals surface area contributed by atoms with Gasteiger partial charge in [-0.1, -0.05) is 138 Å². The summed E-state index contributed by atoms with van der Waals surface area (Å²) < 4.78 is 13.0. The van der Waals surface area contributed by atoms with Gasteiger partial charge >= 0.3 is 0 Å². The number of hydrogen-bond donors (Lipinski definition) is 1. The molecule has 1 aliphatic rings. The SMILES string of the molecule is C#C.C#C.CC.CC(C)C.CCCCCCC(C)C.CCCCNC(=O)c1cc2cc3c(nc2s1)CCCC3.C[C-]=C(F)/C=C(\CC)c1ccccc1.[U]. The first-order valence-electron chi connectivity index (χ1n) is 19.9. The maximum atomic E-state index is 13.0. The van der Waals surface area contributed by atoms with Crippen LogP contribution in [-0.2, 0) is 12.8 Å². The largest absolute Gasteiger partial charge is 0.351 e. The van der Waals surface area contributed by atoms with Crippen LogP contribution in [0.1, 0.15) is 167 Å². The summed E-state index contributed by atoms with van der Waals surface area (Å²) in [4.78, 5) is 18.6. The third-order valence-corrected chi connectivity index (χ3v) is 8.57. The fourth-order valence-electron chi connectivity index (χ4n) is 4.92. The first-order valence-corrected chi connectivity index (χ1v) is 20.7. The molecule has 1 aliphatic carbocycles. The van der Waals surface area contributed by atoms with E-state index in [4.69, 9.17) is 4.98 Å². The number of carbonyl (C=O) groups is 1. The topological polar surface area (TPSA) is 42.0 Å². The number of nitrogens with one attached hydrogen (secondary N) is 1. The fourth-order valence-corrected chi connectivity index (χ4v) is 5.87. The van der Waals surface area contributed by atoms with Crippen LogP contribution in [0.25, 0.3) is 15.8 Å². The second-order valence-electron chi connectivity index (χ2n) is 13.4. The number of fused-ring (bicyclic) bond motifs is 2. The Labute approximate surface area is 360 Å². The summed E-state index contributed by atoms with van der Waals surface area (Å²) in [5.41, 5.74) is 4.68. The number of halogens is 1. The Morgan fingerprint density at radius 3 is 2.00 bits per heavy atom. The molecule has 1 N–H and O–H groups in total. The van der Waals surface area contributed by atoms with E-state index in [1.165, 1.54) is 73.6 Å². The first-order chi connectivity index (χ1) is 25.6. The molecule has 4 rings (SSSR count). The number of carbonyl (C=O) groups excluding carboxylic acids is 1. The van der Waals surface area contributed by atoms with Crippen molar-refractivity contribution < 1.29 is 40.3 Å². The van der Waals surface area contributed by atoms with Crippen LogP contribution in [0.2, 0.25) is 0 Å². The number of terminal acetylenes is 2. The van der Waals surface area contributed by atoms with Crippen molar-refractivity contribution in [1.82, 2.24) is 10.3 Å². The van der Waals surface area contributed by atoms with E-state index in [1.54, 1.807) is 6.92 Å². The van der Waals surface area contributed by atoms with Crippen molar-refractivity contribution in [1.29, 1.82) is 0 Å². The maximum absolute atomic E-state index is 13.0. The van der Waals surface area contributed by atoms with Gasteiger partial charge in [-0.3, -0.25) is 4.79 Å². The average Bonchev–Trinajstić information content (AvgIpc) is 3.60. The minimum atomic E-state index is -0.300. The number of hydrogen-bond acceptors (Lipinski definition) is 3. The van der Waals surface area contributed by atoms with Crippen molar-refractivity contribution in [3.63, 3.8) is 0 Å². The Kier molecular flexibility index (Phi) is 43.1. The average molecular weight is 984 g/mol. The van der Waals surface area contributed by atoms with Gasteiger partial charge in [0.2, 0.25) is 0 Å². The molecule has 1 amide bonds. The van der Waals surface area contributed by atoms with Gasteiger partial charge in [0.05, 0.1) is 4.88 Å². The Bertz CT molecular complexity index is 1370. The molecule has 300 valence electrons. The van der Waals surface area contributed by atoms with Gasteiger partial charge in [0.25, 0.3) is 5.91 Å². The number of allylic oxidation sites excluding steroid dienone is 4. The van der Waals surface area contributed by atoms with E-state index < -0.39 is 0 Å². The first kappa shape index (κ1) is 58.1. The Hall–Kier alpha value is -2.62. The zero-order valence-corrected chi connectivity index (χ0v) is 40.9. The minimum absolute atomic E-state index is 0. The number of nitrogens with zero attached hydrogens (tertiary/aromatic N) is 1. The van der Waals surface area contributed by atoms with Gasteiger partial charge in [-0.05, 0) is 79.4 Å². The van der Waals surface area contributed by atoms with E-state index in [0.717, 1.165) is 76.7 Å². The van der Waals surface area contributed by atoms with Gasteiger partial charge < -0.3 is 5.32 Å². The number of amides is 1. The molecule has 0 spiro atoms. The molecule has 54 heavy (non-hydrogen) atoms. The van der Waals surface area contributed by atoms with Gasteiger partial charge in [0, 0.05) is 48.7 Å². The number of pyridine rings is 1. The minimum Gasteiger partial charge on any atom is -0.351 e. The third kappa shape index (κ3) is 28.8. The van der Waals surface area contributed by atoms with E-state index in [9.17, 15) is 9.18 Å². The summed E-state index contributed by atoms with van der Waals surface area (Å²) in [6, 6.07) is 14.1. The Morgan fingerprint density at radius 1 is 0.907 bits per heavy atom. The number of rotatable bonds is 12. The number of benzene rings is 1. The van der Waals surface area contributed by atoms with Gasteiger partial charge in [-0.15, -0.1) is 49.5 Å². The molecule has 0 radical (unpaired) electrons. The summed E-state index contributed by atoms with van der Waals surface area (Å²) in [5, 5.41) is 4.10. The predicted octanol–water partition coefficient (Wildman–Crippen LogP) is 14.7. The van der Waals surface area contributed by atoms with Crippen LogP contribution >= 0.6 is 11.3 Å². The molecule has 0 atom stereocenters. The zero-order chi connectivity index (χ0) is 41.0. The molecule has 0 saturated heterocycles. The van der Waals surface area contributed by atoms with Gasteiger partial charge in [-0.25, -0.2) is 15.5 Å². The molecule has 6 heteroatoms. The number of unbranched alkanes of at least 4 members (excludes halogenated alkanes) is 4. The fraction of sp³-hybridized carbons (Fsp3) is 0.542. The van der Waals surface area contributed by atoms with Crippen LogP contribution in [0.4, 0.5) is 4.39 Å². The molecule has 0 bridgehead atoms. The quantitative estimate of drug-likeness (QED) is 0.0850. The van der Waals surface area contributed by atoms with E-state index in [1.807, 2.05) is 57.2 Å². The molecule has 0 aliphatic heterocycles. The van der Waals surface area contributed by atoms with Crippen molar-refractivity contribution in [2.75, 3.05) is 6.54 Å². The summed E-state index contributed by atoms with van der Waals surface area (Å²) >= 11 is 1.51.